The van der Waals surface area contributed by atoms with Gasteiger partial charge in [0.2, 0.25) is 0 Å². The van der Waals surface area contributed by atoms with Gasteiger partial charge in [-0.05, 0) is 30.7 Å². The smallest absolute Gasteiger partial charge is 0.343 e. The lowest BCUT2D eigenvalue weighted by Crippen LogP contribution is -2.37. The van der Waals surface area contributed by atoms with Crippen molar-refractivity contribution >= 4 is 17.2 Å². The van der Waals surface area contributed by atoms with E-state index in [9.17, 15) is 4.79 Å². The molecule has 0 saturated carbocycles. The molecule has 1 aliphatic heterocycles. The second kappa shape index (κ2) is 6.81. The van der Waals surface area contributed by atoms with Crippen LogP contribution >= 0.6 is 11.3 Å². The maximum Gasteiger partial charge on any atom is 0.343 e. The van der Waals surface area contributed by atoms with E-state index < -0.39 is 0 Å². The number of aryl methyl sites for hydroxylation is 1. The summed E-state index contributed by atoms with van der Waals surface area (Å²) in [6, 6.07) is 6.30. The minimum atomic E-state index is -0.192. The molecular weight excluding hydrogens is 338 g/mol. The quantitative estimate of drug-likeness (QED) is 0.772. The molecule has 1 saturated heterocycles. The molecule has 25 heavy (non-hydrogen) atoms. The van der Waals surface area contributed by atoms with Crippen molar-refractivity contribution in [3.05, 3.63) is 51.6 Å². The first-order valence-corrected chi connectivity index (χ1v) is 9.00. The van der Waals surface area contributed by atoms with E-state index in [2.05, 4.69) is 39.1 Å². The van der Waals surface area contributed by atoms with E-state index in [1.54, 1.807) is 15.9 Å². The zero-order valence-corrected chi connectivity index (χ0v) is 14.8. The van der Waals surface area contributed by atoms with E-state index in [-0.39, 0.29) is 5.69 Å². The van der Waals surface area contributed by atoms with Gasteiger partial charge in [0.25, 0.3) is 0 Å². The van der Waals surface area contributed by atoms with E-state index in [1.807, 2.05) is 12.3 Å². The Labute approximate surface area is 148 Å². The fraction of sp³-hybridized carbons (Fsp3) is 0.353. The molecule has 1 aliphatic rings. The van der Waals surface area contributed by atoms with E-state index in [1.165, 1.54) is 11.9 Å². The standard InChI is InChI=1S/C17H19N5O2S/c1-12-8-13(9-18-16(12)21-4-6-24-7-5-21)15-3-2-14(25-15)10-22-11-19-20-17(22)23/h2-3,8-9,11H,4-7,10H2,1H3,(H,20,23). The Morgan fingerprint density at radius 1 is 1.32 bits per heavy atom. The number of aromatic nitrogens is 4. The van der Waals surface area contributed by atoms with Crippen molar-refractivity contribution in [3.63, 3.8) is 0 Å². The molecule has 0 radical (unpaired) electrons. The van der Waals surface area contributed by atoms with E-state index in [0.717, 1.165) is 47.4 Å². The third-order valence-corrected chi connectivity index (χ3v) is 5.37. The Hall–Kier alpha value is -2.45. The van der Waals surface area contributed by atoms with Gasteiger partial charge >= 0.3 is 5.69 Å². The molecule has 7 nitrogen and oxygen atoms in total. The minimum absolute atomic E-state index is 0.192. The summed E-state index contributed by atoms with van der Waals surface area (Å²) < 4.78 is 6.97. The summed E-state index contributed by atoms with van der Waals surface area (Å²) in [4.78, 5) is 20.8. The predicted octanol–water partition coefficient (Wildman–Crippen LogP) is 1.89. The number of aromatic amines is 1. The van der Waals surface area contributed by atoms with Crippen LogP contribution in [0.4, 0.5) is 5.82 Å². The molecule has 3 aromatic heterocycles. The van der Waals surface area contributed by atoms with Gasteiger partial charge in [-0.3, -0.25) is 4.57 Å². The molecule has 0 unspecified atom stereocenters. The van der Waals surface area contributed by atoms with Gasteiger partial charge < -0.3 is 9.64 Å². The first kappa shape index (κ1) is 16.0. The van der Waals surface area contributed by atoms with Crippen molar-refractivity contribution in [3.8, 4) is 10.4 Å². The molecule has 0 aromatic carbocycles. The Bertz CT molecular complexity index is 923. The summed E-state index contributed by atoms with van der Waals surface area (Å²) in [6.07, 6.45) is 3.45. The summed E-state index contributed by atoms with van der Waals surface area (Å²) in [7, 11) is 0. The fourth-order valence-electron chi connectivity index (χ4n) is 2.98. The zero-order valence-electron chi connectivity index (χ0n) is 13.9. The highest BCUT2D eigenvalue weighted by Gasteiger charge is 2.15. The highest BCUT2D eigenvalue weighted by molar-refractivity contribution is 7.15. The Balaban J connectivity index is 1.55. The van der Waals surface area contributed by atoms with E-state index in [0.29, 0.717) is 6.54 Å². The molecule has 3 aromatic rings. The summed E-state index contributed by atoms with van der Waals surface area (Å²) in [5, 5.41) is 6.17. The van der Waals surface area contributed by atoms with Gasteiger partial charge in [0.05, 0.1) is 19.8 Å². The Morgan fingerprint density at radius 3 is 2.88 bits per heavy atom. The first-order chi connectivity index (χ1) is 12.2. The number of ether oxygens (including phenoxy) is 1. The zero-order chi connectivity index (χ0) is 17.2. The van der Waals surface area contributed by atoms with Crippen molar-refractivity contribution < 1.29 is 4.74 Å². The number of nitrogens with zero attached hydrogens (tertiary/aromatic N) is 4. The van der Waals surface area contributed by atoms with Gasteiger partial charge in [-0.2, -0.15) is 5.10 Å². The van der Waals surface area contributed by atoms with Crippen LogP contribution in [-0.2, 0) is 11.3 Å². The maximum atomic E-state index is 11.6. The maximum absolute atomic E-state index is 11.6. The average molecular weight is 357 g/mol. The minimum Gasteiger partial charge on any atom is -0.378 e. The van der Waals surface area contributed by atoms with Gasteiger partial charge in [-0.15, -0.1) is 11.3 Å². The molecule has 0 amide bonds. The second-order valence-electron chi connectivity index (χ2n) is 6.02. The number of hydrogen-bond donors (Lipinski definition) is 1. The Morgan fingerprint density at radius 2 is 2.16 bits per heavy atom. The van der Waals surface area contributed by atoms with Gasteiger partial charge in [-0.25, -0.2) is 14.9 Å². The molecule has 130 valence electrons. The lowest BCUT2D eigenvalue weighted by Gasteiger charge is -2.29. The third-order valence-electron chi connectivity index (χ3n) is 4.25. The topological polar surface area (TPSA) is 76.0 Å². The highest BCUT2D eigenvalue weighted by atomic mass is 32.1. The number of morpholine rings is 1. The first-order valence-electron chi connectivity index (χ1n) is 8.19. The van der Waals surface area contributed by atoms with Gasteiger partial charge in [0.15, 0.2) is 0 Å². The van der Waals surface area contributed by atoms with Crippen LogP contribution in [0.3, 0.4) is 0 Å². The van der Waals surface area contributed by atoms with E-state index >= 15 is 0 Å². The van der Waals surface area contributed by atoms with Crippen molar-refractivity contribution in [2.24, 2.45) is 0 Å². The number of nitrogens with one attached hydrogen (secondary N) is 1. The molecule has 4 heterocycles. The molecule has 4 rings (SSSR count). The molecule has 0 aliphatic carbocycles. The summed E-state index contributed by atoms with van der Waals surface area (Å²) in [5.41, 5.74) is 2.08. The number of hydrogen-bond acceptors (Lipinski definition) is 6. The molecule has 8 heteroatoms. The third kappa shape index (κ3) is 3.35. The van der Waals surface area contributed by atoms with Crippen LogP contribution in [0.25, 0.3) is 10.4 Å². The van der Waals surface area contributed by atoms with Crippen molar-refractivity contribution in [1.29, 1.82) is 0 Å². The van der Waals surface area contributed by atoms with Crippen molar-refractivity contribution in [2.75, 3.05) is 31.2 Å². The van der Waals surface area contributed by atoms with Crippen LogP contribution < -0.4 is 10.6 Å². The van der Waals surface area contributed by atoms with Gasteiger partial charge in [0, 0.05) is 34.6 Å². The van der Waals surface area contributed by atoms with Crippen LogP contribution in [0, 0.1) is 6.92 Å². The number of rotatable bonds is 4. The molecule has 0 spiro atoms. The van der Waals surface area contributed by atoms with Crippen LogP contribution in [0.1, 0.15) is 10.4 Å². The molecule has 0 bridgehead atoms. The number of pyridine rings is 1. The Kier molecular flexibility index (Phi) is 4.37. The summed E-state index contributed by atoms with van der Waals surface area (Å²) in [5.74, 6) is 1.04. The summed E-state index contributed by atoms with van der Waals surface area (Å²) in [6.45, 7) is 5.90. The van der Waals surface area contributed by atoms with Crippen molar-refractivity contribution in [1.82, 2.24) is 19.7 Å². The SMILES string of the molecule is Cc1cc(-c2ccc(Cn3cn[nH]c3=O)s2)cnc1N1CCOCC1. The van der Waals surface area contributed by atoms with Crippen LogP contribution in [0.15, 0.2) is 35.5 Å². The van der Waals surface area contributed by atoms with Crippen LogP contribution in [0.5, 0.6) is 0 Å². The number of thiophene rings is 1. The molecule has 0 atom stereocenters. The van der Waals surface area contributed by atoms with Crippen LogP contribution in [-0.4, -0.2) is 46.1 Å². The second-order valence-corrected chi connectivity index (χ2v) is 7.19. The van der Waals surface area contributed by atoms with Crippen molar-refractivity contribution in [2.45, 2.75) is 13.5 Å². The monoisotopic (exact) mass is 357 g/mol. The average Bonchev–Trinajstić information content (AvgIpc) is 3.26. The number of anilines is 1. The fourth-order valence-corrected chi connectivity index (χ4v) is 3.97. The van der Waals surface area contributed by atoms with Gasteiger partial charge in [0.1, 0.15) is 12.1 Å². The predicted molar refractivity (Wildman–Crippen MR) is 97.3 cm³/mol. The lowest BCUT2D eigenvalue weighted by molar-refractivity contribution is 0.122. The van der Waals surface area contributed by atoms with Gasteiger partial charge in [-0.1, -0.05) is 0 Å². The summed E-state index contributed by atoms with van der Waals surface area (Å²) >= 11 is 1.67. The normalized spacial score (nSPS) is 14.8. The van der Waals surface area contributed by atoms with E-state index in [4.69, 9.17) is 4.74 Å². The van der Waals surface area contributed by atoms with Crippen LogP contribution in [0.2, 0.25) is 0 Å². The largest absolute Gasteiger partial charge is 0.378 e. The molecule has 1 fully saturated rings. The lowest BCUT2D eigenvalue weighted by atomic mass is 10.1. The highest BCUT2D eigenvalue weighted by Crippen LogP contribution is 2.30. The number of H-pyrrole nitrogens is 1. The molecule has 1 N–H and O–H groups in total. The molecular formula is C17H19N5O2S.